The van der Waals surface area contributed by atoms with Crippen molar-refractivity contribution in [1.29, 1.82) is 0 Å². The molecule has 0 radical (unpaired) electrons. The van der Waals surface area contributed by atoms with Crippen LogP contribution in [0.1, 0.15) is 0 Å². The largest absolute Gasteiger partial charge is 0.328 e. The Bertz CT molecular complexity index is 704. The van der Waals surface area contributed by atoms with E-state index in [1.54, 1.807) is 23.3 Å². The van der Waals surface area contributed by atoms with Crippen molar-refractivity contribution in [2.45, 2.75) is 6.54 Å². The molecular formula is C15H13N3O. The molecule has 0 aliphatic carbocycles. The number of rotatable bonds is 3. The van der Waals surface area contributed by atoms with Crippen LogP contribution in [0.15, 0.2) is 61.2 Å². The molecule has 2 aromatic carbocycles. The minimum atomic E-state index is -0.0618. The molecule has 4 heteroatoms. The number of nitrogens with zero attached hydrogens (tertiary/aromatic N) is 2. The van der Waals surface area contributed by atoms with Gasteiger partial charge in [-0.3, -0.25) is 4.79 Å². The molecule has 94 valence electrons. The summed E-state index contributed by atoms with van der Waals surface area (Å²) in [5, 5.41) is 5.16. The summed E-state index contributed by atoms with van der Waals surface area (Å²) in [7, 11) is 0. The van der Waals surface area contributed by atoms with E-state index in [0.29, 0.717) is 0 Å². The maximum atomic E-state index is 11.9. The van der Waals surface area contributed by atoms with Gasteiger partial charge in [-0.15, -0.1) is 0 Å². The summed E-state index contributed by atoms with van der Waals surface area (Å²) in [5.41, 5.74) is 0.809. The lowest BCUT2D eigenvalue weighted by Gasteiger charge is -2.07. The summed E-state index contributed by atoms with van der Waals surface area (Å²) in [6.07, 6.45) is 5.04. The lowest BCUT2D eigenvalue weighted by molar-refractivity contribution is -0.116. The third kappa shape index (κ3) is 2.63. The Kier molecular flexibility index (Phi) is 2.98. The van der Waals surface area contributed by atoms with Gasteiger partial charge in [0.25, 0.3) is 0 Å². The summed E-state index contributed by atoms with van der Waals surface area (Å²) < 4.78 is 1.73. The van der Waals surface area contributed by atoms with Gasteiger partial charge in [-0.05, 0) is 22.9 Å². The van der Waals surface area contributed by atoms with Gasteiger partial charge in [0.2, 0.25) is 5.91 Å². The van der Waals surface area contributed by atoms with Crippen molar-refractivity contribution in [2.24, 2.45) is 0 Å². The van der Waals surface area contributed by atoms with E-state index >= 15 is 0 Å². The summed E-state index contributed by atoms with van der Waals surface area (Å²) >= 11 is 0. The Morgan fingerprint density at radius 1 is 1.16 bits per heavy atom. The number of fused-ring (bicyclic) bond motifs is 1. The van der Waals surface area contributed by atoms with Gasteiger partial charge in [0.05, 0.1) is 6.33 Å². The van der Waals surface area contributed by atoms with E-state index in [1.807, 2.05) is 42.5 Å². The molecule has 19 heavy (non-hydrogen) atoms. The molecule has 3 aromatic rings. The second kappa shape index (κ2) is 4.94. The molecule has 0 saturated carbocycles. The molecule has 4 nitrogen and oxygen atoms in total. The fraction of sp³-hybridized carbons (Fsp3) is 0.0667. The lowest BCUT2D eigenvalue weighted by atomic mass is 10.1. The quantitative estimate of drug-likeness (QED) is 0.778. The molecule has 0 spiro atoms. The van der Waals surface area contributed by atoms with Crippen LogP contribution in [0.3, 0.4) is 0 Å². The van der Waals surface area contributed by atoms with E-state index in [9.17, 15) is 4.79 Å². The van der Waals surface area contributed by atoms with Crippen molar-refractivity contribution in [1.82, 2.24) is 9.55 Å². The molecule has 0 fully saturated rings. The second-order valence-electron chi connectivity index (χ2n) is 4.35. The molecule has 0 atom stereocenters. The zero-order valence-electron chi connectivity index (χ0n) is 10.3. The van der Waals surface area contributed by atoms with Crippen molar-refractivity contribution in [3.63, 3.8) is 0 Å². The van der Waals surface area contributed by atoms with E-state index in [0.717, 1.165) is 16.5 Å². The number of carbonyl (C=O) groups is 1. The Hall–Kier alpha value is -2.62. The first-order chi connectivity index (χ1) is 9.31. The number of hydrogen-bond acceptors (Lipinski definition) is 2. The molecule has 0 unspecified atom stereocenters. The predicted octanol–water partition coefficient (Wildman–Crippen LogP) is 2.68. The molecule has 0 bridgehead atoms. The number of benzene rings is 2. The molecule has 1 N–H and O–H groups in total. The van der Waals surface area contributed by atoms with Gasteiger partial charge in [-0.2, -0.15) is 0 Å². The Labute approximate surface area is 110 Å². The Morgan fingerprint density at radius 2 is 2.00 bits per heavy atom. The number of carbonyl (C=O) groups excluding carboxylic acids is 1. The minimum absolute atomic E-state index is 0.0618. The van der Waals surface area contributed by atoms with Gasteiger partial charge in [-0.25, -0.2) is 4.98 Å². The standard InChI is InChI=1S/C15H13N3O/c19-15(10-18-8-7-16-11-18)17-14-6-5-12-3-1-2-4-13(12)9-14/h1-9,11H,10H2,(H,17,19). The van der Waals surface area contributed by atoms with Crippen molar-refractivity contribution in [3.05, 3.63) is 61.2 Å². The highest BCUT2D eigenvalue weighted by Gasteiger charge is 2.03. The van der Waals surface area contributed by atoms with Gasteiger partial charge in [0.15, 0.2) is 0 Å². The van der Waals surface area contributed by atoms with Crippen LogP contribution in [0.2, 0.25) is 0 Å². The van der Waals surface area contributed by atoms with Crippen LogP contribution in [-0.4, -0.2) is 15.5 Å². The maximum Gasteiger partial charge on any atom is 0.244 e. The summed E-state index contributed by atoms with van der Waals surface area (Å²) in [4.78, 5) is 15.8. The van der Waals surface area contributed by atoms with Crippen molar-refractivity contribution < 1.29 is 4.79 Å². The average Bonchev–Trinajstić information content (AvgIpc) is 2.91. The third-order valence-corrected chi connectivity index (χ3v) is 2.92. The third-order valence-electron chi connectivity index (χ3n) is 2.92. The minimum Gasteiger partial charge on any atom is -0.328 e. The maximum absolute atomic E-state index is 11.9. The van der Waals surface area contributed by atoms with Crippen molar-refractivity contribution in [3.8, 4) is 0 Å². The van der Waals surface area contributed by atoms with Crippen LogP contribution in [0.25, 0.3) is 10.8 Å². The van der Waals surface area contributed by atoms with E-state index in [-0.39, 0.29) is 12.5 Å². The highest BCUT2D eigenvalue weighted by molar-refractivity contribution is 5.94. The molecule has 0 saturated heterocycles. The number of imidazole rings is 1. The van der Waals surface area contributed by atoms with Crippen LogP contribution in [0.5, 0.6) is 0 Å². The summed E-state index contributed by atoms with van der Waals surface area (Å²) in [6, 6.07) is 13.9. The van der Waals surface area contributed by atoms with E-state index in [4.69, 9.17) is 0 Å². The van der Waals surface area contributed by atoms with Gasteiger partial charge < -0.3 is 9.88 Å². The molecule has 0 aliphatic heterocycles. The first kappa shape index (κ1) is 11.5. The Morgan fingerprint density at radius 3 is 2.79 bits per heavy atom. The summed E-state index contributed by atoms with van der Waals surface area (Å²) in [6.45, 7) is 0.271. The highest BCUT2D eigenvalue weighted by atomic mass is 16.1. The number of amides is 1. The van der Waals surface area contributed by atoms with Crippen LogP contribution >= 0.6 is 0 Å². The number of aromatic nitrogens is 2. The predicted molar refractivity (Wildman–Crippen MR) is 74.8 cm³/mol. The zero-order valence-corrected chi connectivity index (χ0v) is 10.3. The monoisotopic (exact) mass is 251 g/mol. The first-order valence-corrected chi connectivity index (χ1v) is 6.06. The van der Waals surface area contributed by atoms with E-state index < -0.39 is 0 Å². The SMILES string of the molecule is O=C(Cn1ccnc1)Nc1ccc2ccccc2c1. The zero-order chi connectivity index (χ0) is 13.1. The average molecular weight is 251 g/mol. The molecule has 0 aliphatic rings. The van der Waals surface area contributed by atoms with Gasteiger partial charge in [-0.1, -0.05) is 30.3 Å². The number of anilines is 1. The number of hydrogen-bond donors (Lipinski definition) is 1. The smallest absolute Gasteiger partial charge is 0.244 e. The van der Waals surface area contributed by atoms with Gasteiger partial charge in [0, 0.05) is 18.1 Å². The van der Waals surface area contributed by atoms with Crippen LogP contribution in [0.4, 0.5) is 5.69 Å². The van der Waals surface area contributed by atoms with Gasteiger partial charge in [0.1, 0.15) is 6.54 Å². The molecule has 3 rings (SSSR count). The number of nitrogens with one attached hydrogen (secondary N) is 1. The Balaban J connectivity index is 1.75. The summed E-state index contributed by atoms with van der Waals surface area (Å²) in [5.74, 6) is -0.0618. The van der Waals surface area contributed by atoms with Gasteiger partial charge >= 0.3 is 0 Å². The molecular weight excluding hydrogens is 238 g/mol. The molecule has 1 amide bonds. The topological polar surface area (TPSA) is 46.9 Å². The fourth-order valence-electron chi connectivity index (χ4n) is 2.01. The van der Waals surface area contributed by atoms with Crippen LogP contribution in [-0.2, 0) is 11.3 Å². The van der Waals surface area contributed by atoms with Crippen LogP contribution in [0, 0.1) is 0 Å². The molecule has 1 heterocycles. The normalized spacial score (nSPS) is 10.5. The van der Waals surface area contributed by atoms with E-state index in [1.165, 1.54) is 0 Å². The fourth-order valence-corrected chi connectivity index (χ4v) is 2.01. The van der Waals surface area contributed by atoms with Crippen molar-refractivity contribution >= 4 is 22.4 Å². The van der Waals surface area contributed by atoms with Crippen LogP contribution < -0.4 is 5.32 Å². The van der Waals surface area contributed by atoms with Crippen molar-refractivity contribution in [2.75, 3.05) is 5.32 Å². The van der Waals surface area contributed by atoms with E-state index in [2.05, 4.69) is 10.3 Å². The first-order valence-electron chi connectivity index (χ1n) is 6.06. The lowest BCUT2D eigenvalue weighted by Crippen LogP contribution is -2.17. The second-order valence-corrected chi connectivity index (χ2v) is 4.35. The molecule has 1 aromatic heterocycles. The highest BCUT2D eigenvalue weighted by Crippen LogP contribution is 2.18.